The van der Waals surface area contributed by atoms with Crippen LogP contribution in [0.2, 0.25) is 0 Å². The summed E-state index contributed by atoms with van der Waals surface area (Å²) < 4.78 is 7.03. The van der Waals surface area contributed by atoms with Gasteiger partial charge >= 0.3 is 0 Å². The molecule has 0 fully saturated rings. The quantitative estimate of drug-likeness (QED) is 0.391. The van der Waals surface area contributed by atoms with Gasteiger partial charge in [-0.2, -0.15) is 5.10 Å². The Morgan fingerprint density at radius 1 is 1.29 bits per heavy atom. The van der Waals surface area contributed by atoms with E-state index < -0.39 is 0 Å². The number of ether oxygens (including phenoxy) is 1. The molecule has 1 unspecified atom stereocenters. The fourth-order valence-electron chi connectivity index (χ4n) is 2.75. The lowest BCUT2D eigenvalue weighted by Gasteiger charge is -2.18. The molecule has 6 nitrogen and oxygen atoms in total. The first-order chi connectivity index (χ1) is 11.5. The van der Waals surface area contributed by atoms with Crippen molar-refractivity contribution in [3.05, 3.63) is 17.0 Å². The molecule has 24 heavy (non-hydrogen) atoms. The van der Waals surface area contributed by atoms with Crippen molar-refractivity contribution in [1.82, 2.24) is 20.4 Å². The number of rotatable bonds is 10. The van der Waals surface area contributed by atoms with E-state index in [4.69, 9.17) is 4.74 Å². The lowest BCUT2D eigenvalue weighted by Crippen LogP contribution is -2.43. The number of aryl methyl sites for hydroxylation is 2. The average Bonchev–Trinajstić information content (AvgIpc) is 2.77. The van der Waals surface area contributed by atoms with Crippen LogP contribution in [-0.2, 0) is 18.2 Å². The van der Waals surface area contributed by atoms with E-state index in [-0.39, 0.29) is 0 Å². The molecule has 0 radical (unpaired) electrons. The Morgan fingerprint density at radius 3 is 2.62 bits per heavy atom. The second-order valence-electron chi connectivity index (χ2n) is 6.34. The minimum atomic E-state index is 0.304. The van der Waals surface area contributed by atoms with Crippen molar-refractivity contribution in [2.75, 3.05) is 26.8 Å². The molecule has 0 aliphatic heterocycles. The average molecular weight is 338 g/mol. The van der Waals surface area contributed by atoms with Gasteiger partial charge in [-0.15, -0.1) is 0 Å². The van der Waals surface area contributed by atoms with Gasteiger partial charge in [0.1, 0.15) is 0 Å². The zero-order valence-corrected chi connectivity index (χ0v) is 16.3. The molecule has 1 atom stereocenters. The Morgan fingerprint density at radius 2 is 2.04 bits per heavy atom. The third-order valence-electron chi connectivity index (χ3n) is 4.17. The lowest BCUT2D eigenvalue weighted by molar-refractivity contribution is 0.192. The van der Waals surface area contributed by atoms with Gasteiger partial charge in [-0.05, 0) is 58.9 Å². The largest absolute Gasteiger partial charge is 0.385 e. The summed E-state index contributed by atoms with van der Waals surface area (Å²) in [5, 5.41) is 11.3. The Balaban J connectivity index is 2.51. The van der Waals surface area contributed by atoms with Gasteiger partial charge in [-0.3, -0.25) is 9.67 Å². The van der Waals surface area contributed by atoms with Gasteiger partial charge in [0.15, 0.2) is 5.96 Å². The number of aromatic nitrogens is 2. The fraction of sp³-hybridized carbons (Fsp3) is 0.778. The van der Waals surface area contributed by atoms with Crippen LogP contribution >= 0.6 is 0 Å². The summed E-state index contributed by atoms with van der Waals surface area (Å²) in [6, 6.07) is 0.304. The minimum Gasteiger partial charge on any atom is -0.385 e. The van der Waals surface area contributed by atoms with Gasteiger partial charge in [0.05, 0.1) is 5.69 Å². The first-order valence-electron chi connectivity index (χ1n) is 9.02. The van der Waals surface area contributed by atoms with E-state index in [1.807, 2.05) is 11.7 Å². The number of guanidine groups is 1. The van der Waals surface area contributed by atoms with E-state index >= 15 is 0 Å². The molecule has 1 aromatic rings. The highest BCUT2D eigenvalue weighted by molar-refractivity contribution is 5.80. The predicted octanol–water partition coefficient (Wildman–Crippen LogP) is 2.34. The summed E-state index contributed by atoms with van der Waals surface area (Å²) in [6.07, 6.45) is 4.30. The van der Waals surface area contributed by atoms with E-state index in [0.29, 0.717) is 6.04 Å². The highest BCUT2D eigenvalue weighted by atomic mass is 16.5. The van der Waals surface area contributed by atoms with Crippen LogP contribution in [0, 0.1) is 13.8 Å². The van der Waals surface area contributed by atoms with Gasteiger partial charge in [0.25, 0.3) is 0 Å². The maximum absolute atomic E-state index is 5.07. The molecule has 0 saturated heterocycles. The van der Waals surface area contributed by atoms with E-state index in [1.54, 1.807) is 7.11 Å². The third-order valence-corrected chi connectivity index (χ3v) is 4.17. The van der Waals surface area contributed by atoms with Crippen LogP contribution in [0.4, 0.5) is 0 Å². The molecular weight excluding hydrogens is 302 g/mol. The molecule has 1 aromatic heterocycles. The minimum absolute atomic E-state index is 0.304. The summed E-state index contributed by atoms with van der Waals surface area (Å²) >= 11 is 0. The standard InChI is InChI=1S/C18H35N5O/c1-7-19-18(20-11-9-8-10-12-24-6)21-14(2)13-17-15(3)22-23(5)16(17)4/h14H,7-13H2,1-6H3,(H2,19,20,21). The SMILES string of the molecule is CCNC(=NCCCCCOC)NC(C)Cc1c(C)nn(C)c1C. The molecule has 0 aromatic carbocycles. The lowest BCUT2D eigenvalue weighted by atomic mass is 10.1. The van der Waals surface area contributed by atoms with Crippen molar-refractivity contribution < 1.29 is 4.74 Å². The molecule has 0 spiro atoms. The van der Waals surface area contributed by atoms with Gasteiger partial charge in [0, 0.05) is 45.6 Å². The second kappa shape index (κ2) is 11.1. The molecule has 2 N–H and O–H groups in total. The van der Waals surface area contributed by atoms with Gasteiger partial charge < -0.3 is 15.4 Å². The molecule has 1 rings (SSSR count). The van der Waals surface area contributed by atoms with Crippen molar-refractivity contribution in [1.29, 1.82) is 0 Å². The maximum atomic E-state index is 5.07. The number of nitrogens with one attached hydrogen (secondary N) is 2. The van der Waals surface area contributed by atoms with Crippen molar-refractivity contribution in [2.24, 2.45) is 12.0 Å². The molecule has 138 valence electrons. The van der Waals surface area contributed by atoms with Crippen LogP contribution in [0.25, 0.3) is 0 Å². The topological polar surface area (TPSA) is 63.5 Å². The summed E-state index contributed by atoms with van der Waals surface area (Å²) in [6.45, 7) is 11.0. The number of unbranched alkanes of at least 4 members (excludes halogenated alkanes) is 2. The first kappa shape index (κ1) is 20.5. The molecule has 0 saturated carbocycles. The highest BCUT2D eigenvalue weighted by Crippen LogP contribution is 2.14. The van der Waals surface area contributed by atoms with Gasteiger partial charge in [0.2, 0.25) is 0 Å². The number of methoxy groups -OCH3 is 1. The Labute approximate surface area is 147 Å². The fourth-order valence-corrected chi connectivity index (χ4v) is 2.75. The first-order valence-corrected chi connectivity index (χ1v) is 9.02. The summed E-state index contributed by atoms with van der Waals surface area (Å²) in [5.41, 5.74) is 3.68. The maximum Gasteiger partial charge on any atom is 0.191 e. The number of hydrogen-bond donors (Lipinski definition) is 2. The van der Waals surface area contributed by atoms with E-state index in [0.717, 1.165) is 57.0 Å². The Bertz CT molecular complexity index is 510. The summed E-state index contributed by atoms with van der Waals surface area (Å²) in [7, 11) is 3.75. The van der Waals surface area contributed by atoms with Crippen LogP contribution in [0.3, 0.4) is 0 Å². The van der Waals surface area contributed by atoms with Gasteiger partial charge in [-0.25, -0.2) is 0 Å². The summed E-state index contributed by atoms with van der Waals surface area (Å²) in [5.74, 6) is 0.899. The van der Waals surface area contributed by atoms with Crippen LogP contribution in [0.1, 0.15) is 50.1 Å². The normalized spacial score (nSPS) is 13.2. The molecule has 0 bridgehead atoms. The smallest absolute Gasteiger partial charge is 0.191 e. The number of aliphatic imine (C=N–C) groups is 1. The predicted molar refractivity (Wildman–Crippen MR) is 101 cm³/mol. The van der Waals surface area contributed by atoms with Crippen LogP contribution in [0.15, 0.2) is 4.99 Å². The van der Waals surface area contributed by atoms with Crippen molar-refractivity contribution in [2.45, 2.75) is 59.4 Å². The van der Waals surface area contributed by atoms with Crippen molar-refractivity contribution in [3.63, 3.8) is 0 Å². The molecule has 1 heterocycles. The Kier molecular flexibility index (Phi) is 9.45. The van der Waals surface area contributed by atoms with Gasteiger partial charge in [-0.1, -0.05) is 0 Å². The second-order valence-corrected chi connectivity index (χ2v) is 6.34. The molecule has 6 heteroatoms. The monoisotopic (exact) mass is 337 g/mol. The van der Waals surface area contributed by atoms with Crippen molar-refractivity contribution >= 4 is 5.96 Å². The zero-order chi connectivity index (χ0) is 17.9. The van der Waals surface area contributed by atoms with Crippen LogP contribution in [-0.4, -0.2) is 48.6 Å². The Hall–Kier alpha value is -1.56. The van der Waals surface area contributed by atoms with E-state index in [9.17, 15) is 0 Å². The zero-order valence-electron chi connectivity index (χ0n) is 16.3. The van der Waals surface area contributed by atoms with E-state index in [1.165, 1.54) is 11.3 Å². The van der Waals surface area contributed by atoms with E-state index in [2.05, 4.69) is 48.4 Å². The summed E-state index contributed by atoms with van der Waals surface area (Å²) in [4.78, 5) is 4.68. The molecule has 0 aliphatic rings. The van der Waals surface area contributed by atoms with Crippen molar-refractivity contribution in [3.8, 4) is 0 Å². The third kappa shape index (κ3) is 6.91. The van der Waals surface area contributed by atoms with Crippen LogP contribution in [0.5, 0.6) is 0 Å². The molecule has 0 aliphatic carbocycles. The molecular formula is C18H35N5O. The van der Waals surface area contributed by atoms with Crippen LogP contribution < -0.4 is 10.6 Å². The number of hydrogen-bond acceptors (Lipinski definition) is 3. The molecule has 0 amide bonds. The number of nitrogens with zero attached hydrogens (tertiary/aromatic N) is 3. The highest BCUT2D eigenvalue weighted by Gasteiger charge is 2.13.